The first kappa shape index (κ1) is 13.5. The van der Waals surface area contributed by atoms with Crippen molar-refractivity contribution in [1.82, 2.24) is 4.98 Å². The number of hydrogen-bond acceptors (Lipinski definition) is 4. The summed E-state index contributed by atoms with van der Waals surface area (Å²) < 4.78 is 0. The van der Waals surface area contributed by atoms with Gasteiger partial charge in [-0.25, -0.2) is 4.98 Å². The highest BCUT2D eigenvalue weighted by Crippen LogP contribution is 2.51. The summed E-state index contributed by atoms with van der Waals surface area (Å²) in [6.07, 6.45) is 3.52. The van der Waals surface area contributed by atoms with Crippen LogP contribution in [0.15, 0.2) is 30.0 Å². The molecule has 0 saturated heterocycles. The van der Waals surface area contributed by atoms with Crippen LogP contribution in [0.5, 0.6) is 0 Å². The number of rotatable bonds is 0. The van der Waals surface area contributed by atoms with Crippen LogP contribution in [0, 0.1) is 16.7 Å². The largest absolute Gasteiger partial charge is 0.299 e. The van der Waals surface area contributed by atoms with E-state index in [9.17, 15) is 14.9 Å². The zero-order chi connectivity index (χ0) is 15.4. The molecule has 2 aliphatic rings. The average Bonchev–Trinajstić information content (AvgIpc) is 2.66. The lowest BCUT2D eigenvalue weighted by atomic mass is 9.62. The minimum absolute atomic E-state index is 0.0599. The summed E-state index contributed by atoms with van der Waals surface area (Å²) in [6.45, 7) is 3.56. The van der Waals surface area contributed by atoms with Crippen molar-refractivity contribution in [1.29, 1.82) is 5.26 Å². The van der Waals surface area contributed by atoms with E-state index in [1.54, 1.807) is 33.2 Å². The molecule has 0 aromatic carbocycles. The second kappa shape index (κ2) is 4.01. The molecule has 106 valence electrons. The smallest absolute Gasteiger partial charge is 0.242 e. The summed E-state index contributed by atoms with van der Waals surface area (Å²) in [5, 5.41) is 9.26. The molecule has 0 bridgehead atoms. The zero-order valence-corrected chi connectivity index (χ0v) is 12.2. The quantitative estimate of drug-likeness (QED) is 0.726. The van der Waals surface area contributed by atoms with Gasteiger partial charge in [0, 0.05) is 24.2 Å². The normalized spacial score (nSPS) is 26.6. The van der Waals surface area contributed by atoms with Crippen LogP contribution >= 0.6 is 0 Å². The van der Waals surface area contributed by atoms with Gasteiger partial charge in [-0.3, -0.25) is 14.5 Å². The Morgan fingerprint density at radius 1 is 1.38 bits per heavy atom. The summed E-state index contributed by atoms with van der Waals surface area (Å²) in [4.78, 5) is 30.9. The fourth-order valence-corrected chi connectivity index (χ4v) is 3.42. The van der Waals surface area contributed by atoms with Crippen molar-refractivity contribution in [3.63, 3.8) is 0 Å². The van der Waals surface area contributed by atoms with Crippen LogP contribution in [-0.4, -0.2) is 23.7 Å². The second-order valence-electron chi connectivity index (χ2n) is 6.27. The maximum atomic E-state index is 12.8. The summed E-state index contributed by atoms with van der Waals surface area (Å²) >= 11 is 0. The van der Waals surface area contributed by atoms with Crippen LogP contribution in [0.1, 0.15) is 25.8 Å². The van der Waals surface area contributed by atoms with Crippen molar-refractivity contribution in [2.45, 2.75) is 25.7 Å². The van der Waals surface area contributed by atoms with E-state index < -0.39 is 10.8 Å². The molecule has 1 aromatic heterocycles. The first-order valence-corrected chi connectivity index (χ1v) is 6.75. The third-order valence-electron chi connectivity index (χ3n) is 4.36. The molecule has 0 fully saturated rings. The molecule has 5 heteroatoms. The summed E-state index contributed by atoms with van der Waals surface area (Å²) in [7, 11) is 1.67. The van der Waals surface area contributed by atoms with E-state index in [-0.39, 0.29) is 17.3 Å². The number of likely N-dealkylation sites (N-methyl/N-ethyl adjacent to an activating group) is 1. The molecule has 3 rings (SSSR count). The van der Waals surface area contributed by atoms with Gasteiger partial charge < -0.3 is 0 Å². The molecule has 0 N–H and O–H groups in total. The highest BCUT2D eigenvalue weighted by atomic mass is 16.2. The minimum atomic E-state index is -0.958. The lowest BCUT2D eigenvalue weighted by Crippen LogP contribution is -2.46. The van der Waals surface area contributed by atoms with Crippen molar-refractivity contribution < 1.29 is 9.59 Å². The maximum absolute atomic E-state index is 12.8. The van der Waals surface area contributed by atoms with E-state index in [0.717, 1.165) is 5.56 Å². The Morgan fingerprint density at radius 2 is 2.10 bits per heavy atom. The molecule has 1 amide bonds. The van der Waals surface area contributed by atoms with Crippen LogP contribution < -0.4 is 4.90 Å². The number of carbonyl (C=O) groups is 2. The first-order chi connectivity index (χ1) is 9.83. The fraction of sp³-hybridized carbons (Fsp3) is 0.375. The molecule has 1 atom stereocenters. The summed E-state index contributed by atoms with van der Waals surface area (Å²) in [5.41, 5.74) is -0.885. The molecule has 1 aromatic rings. The van der Waals surface area contributed by atoms with Gasteiger partial charge in [0.25, 0.3) is 0 Å². The molecule has 1 spiro atoms. The predicted octanol–water partition coefficient (Wildman–Crippen LogP) is 1.74. The van der Waals surface area contributed by atoms with E-state index in [4.69, 9.17) is 0 Å². The van der Waals surface area contributed by atoms with Crippen LogP contribution in [0.2, 0.25) is 0 Å². The van der Waals surface area contributed by atoms with Gasteiger partial charge in [-0.15, -0.1) is 0 Å². The zero-order valence-electron chi connectivity index (χ0n) is 12.2. The topological polar surface area (TPSA) is 74.1 Å². The Hall–Kier alpha value is -2.48. The summed E-state index contributed by atoms with van der Waals surface area (Å²) in [6, 6.07) is 5.57. The molecular formula is C16H15N3O2. The number of nitrogens with zero attached hydrogens (tertiary/aromatic N) is 3. The number of anilines is 1. The number of allylic oxidation sites excluding steroid dienone is 1. The van der Waals surface area contributed by atoms with Crippen molar-refractivity contribution >= 4 is 17.5 Å². The molecule has 2 heterocycles. The average molecular weight is 281 g/mol. The number of fused-ring (bicyclic) bond motifs is 2. The van der Waals surface area contributed by atoms with Crippen molar-refractivity contribution in [2.75, 3.05) is 11.9 Å². The Balaban J connectivity index is 2.32. The SMILES string of the molecule is CN1C(=O)C2(C=C(C#N)C(=O)C(C)(C)C2)c2cccnc21. The van der Waals surface area contributed by atoms with Crippen LogP contribution in [0.3, 0.4) is 0 Å². The molecule has 5 nitrogen and oxygen atoms in total. The van der Waals surface area contributed by atoms with Crippen LogP contribution in [-0.2, 0) is 15.0 Å². The molecule has 1 aliphatic heterocycles. The molecule has 1 aliphatic carbocycles. The van der Waals surface area contributed by atoms with Gasteiger partial charge in [-0.1, -0.05) is 19.9 Å². The number of aromatic nitrogens is 1. The van der Waals surface area contributed by atoms with Gasteiger partial charge in [-0.05, 0) is 18.6 Å². The number of Topliss-reactive ketones (excluding diaryl/α,β-unsaturated/α-hetero) is 1. The monoisotopic (exact) mass is 281 g/mol. The van der Waals surface area contributed by atoms with Gasteiger partial charge in [0.05, 0.1) is 11.0 Å². The highest BCUT2D eigenvalue weighted by molar-refractivity contribution is 6.13. The minimum Gasteiger partial charge on any atom is -0.299 e. The first-order valence-electron chi connectivity index (χ1n) is 6.75. The molecule has 0 radical (unpaired) electrons. The van der Waals surface area contributed by atoms with E-state index in [1.807, 2.05) is 12.1 Å². The molecular weight excluding hydrogens is 266 g/mol. The van der Waals surface area contributed by atoms with Crippen molar-refractivity contribution in [3.05, 3.63) is 35.5 Å². The van der Waals surface area contributed by atoms with Crippen LogP contribution in [0.25, 0.3) is 0 Å². The number of nitriles is 1. The molecule has 21 heavy (non-hydrogen) atoms. The van der Waals surface area contributed by atoms with E-state index in [1.165, 1.54) is 11.0 Å². The van der Waals surface area contributed by atoms with Crippen molar-refractivity contribution in [2.24, 2.45) is 5.41 Å². The Morgan fingerprint density at radius 3 is 2.76 bits per heavy atom. The third kappa shape index (κ3) is 1.59. The Labute approximate surface area is 122 Å². The van der Waals surface area contributed by atoms with Crippen molar-refractivity contribution in [3.8, 4) is 6.07 Å². The van der Waals surface area contributed by atoms with Gasteiger partial charge in [0.15, 0.2) is 5.78 Å². The number of hydrogen-bond donors (Lipinski definition) is 0. The maximum Gasteiger partial charge on any atom is 0.242 e. The van der Waals surface area contributed by atoms with E-state index in [0.29, 0.717) is 12.2 Å². The van der Waals surface area contributed by atoms with E-state index >= 15 is 0 Å². The fourth-order valence-electron chi connectivity index (χ4n) is 3.42. The number of ketones is 1. The molecule has 0 saturated carbocycles. The van der Waals surface area contributed by atoms with E-state index in [2.05, 4.69) is 4.98 Å². The third-order valence-corrected chi connectivity index (χ3v) is 4.36. The summed E-state index contributed by atoms with van der Waals surface area (Å²) in [5.74, 6) is 0.258. The lowest BCUT2D eigenvalue weighted by molar-refractivity contribution is -0.128. The second-order valence-corrected chi connectivity index (χ2v) is 6.27. The Bertz CT molecular complexity index is 742. The van der Waals surface area contributed by atoms with Gasteiger partial charge >= 0.3 is 0 Å². The highest BCUT2D eigenvalue weighted by Gasteiger charge is 2.56. The predicted molar refractivity (Wildman–Crippen MR) is 76.4 cm³/mol. The van der Waals surface area contributed by atoms with Gasteiger partial charge in [-0.2, -0.15) is 5.26 Å². The Kier molecular flexibility index (Phi) is 2.58. The van der Waals surface area contributed by atoms with Gasteiger partial charge in [0.1, 0.15) is 11.9 Å². The van der Waals surface area contributed by atoms with Crippen LogP contribution in [0.4, 0.5) is 5.82 Å². The number of pyridine rings is 1. The number of carbonyl (C=O) groups excluding carboxylic acids is 2. The standard InChI is InChI=1S/C16H15N3O2/c1-15(2)9-16(7-10(8-17)12(15)20)11-5-4-6-18-13(11)19(3)14(16)21/h4-7H,9H2,1-3H3. The number of amides is 1. The van der Waals surface area contributed by atoms with Gasteiger partial charge in [0.2, 0.25) is 5.91 Å². The lowest BCUT2D eigenvalue weighted by Gasteiger charge is -2.37. The molecule has 1 unspecified atom stereocenters.